The topological polar surface area (TPSA) is 84.8 Å². The summed E-state index contributed by atoms with van der Waals surface area (Å²) >= 11 is 7.70. The van der Waals surface area contributed by atoms with Gasteiger partial charge in [0.25, 0.3) is 0 Å². The van der Waals surface area contributed by atoms with Gasteiger partial charge in [0.1, 0.15) is 12.4 Å². The number of aryl methyl sites for hydroxylation is 3. The highest BCUT2D eigenvalue weighted by Crippen LogP contribution is 2.58. The lowest BCUT2D eigenvalue weighted by molar-refractivity contribution is 0.00444. The summed E-state index contributed by atoms with van der Waals surface area (Å²) in [6.07, 6.45) is 0. The number of halogens is 2. The number of ether oxygens (including phenoxy) is 7. The Morgan fingerprint density at radius 2 is 1.15 bits per heavy atom. The fraction of sp³-hybridized carbons (Fsp3) is 0.429. The van der Waals surface area contributed by atoms with Crippen molar-refractivity contribution in [2.75, 3.05) is 86.4 Å². The molecule has 1 atom stereocenters. The highest BCUT2D eigenvalue weighted by Gasteiger charge is 2.47. The van der Waals surface area contributed by atoms with Crippen molar-refractivity contribution in [3.05, 3.63) is 120 Å². The molecule has 0 aromatic heterocycles. The zero-order valence-corrected chi connectivity index (χ0v) is 33.8. The van der Waals surface area contributed by atoms with Gasteiger partial charge in [-0.15, -0.1) is 0 Å². The molecule has 5 rings (SSSR count). The average molecular weight is 843 g/mol. The first kappa shape index (κ1) is 40.5. The molecule has 4 aromatic carbocycles. The van der Waals surface area contributed by atoms with E-state index in [1.54, 1.807) is 7.11 Å². The Hall–Kier alpha value is -2.64. The van der Waals surface area contributed by atoms with Gasteiger partial charge in [0.2, 0.25) is 0 Å². The lowest BCUT2D eigenvalue weighted by atomic mass is 9.67. The summed E-state index contributed by atoms with van der Waals surface area (Å²) in [5, 5.41) is 8.82. The van der Waals surface area contributed by atoms with Crippen LogP contribution in [0.3, 0.4) is 0 Å². The lowest BCUT2D eigenvalue weighted by Gasteiger charge is -2.35. The number of aliphatic hydroxyl groups is 1. The number of hydrogen-bond acceptors (Lipinski definition) is 8. The summed E-state index contributed by atoms with van der Waals surface area (Å²) in [7, 11) is 1.66. The molecule has 0 radical (unpaired) electrons. The summed E-state index contributed by atoms with van der Waals surface area (Å²) in [6.45, 7) is 12.2. The van der Waals surface area contributed by atoms with Crippen molar-refractivity contribution in [3.8, 4) is 16.9 Å². The largest absolute Gasteiger partial charge is 0.491 e. The van der Waals surface area contributed by atoms with Gasteiger partial charge >= 0.3 is 0 Å². The highest BCUT2D eigenvalue weighted by atomic mass is 79.9. The molecule has 0 aliphatic heterocycles. The minimum Gasteiger partial charge on any atom is -0.491 e. The van der Waals surface area contributed by atoms with Crippen molar-refractivity contribution in [2.24, 2.45) is 0 Å². The molecule has 0 amide bonds. The zero-order valence-electron chi connectivity index (χ0n) is 30.6. The molecule has 0 bridgehead atoms. The number of rotatable bonds is 22. The first-order valence-electron chi connectivity index (χ1n) is 17.7. The second kappa shape index (κ2) is 20.2. The third-order valence-corrected chi connectivity index (χ3v) is 10.6. The summed E-state index contributed by atoms with van der Waals surface area (Å²) in [4.78, 5) is 0. The van der Waals surface area contributed by atoms with Gasteiger partial charge < -0.3 is 38.3 Å². The molecule has 1 unspecified atom stereocenters. The van der Waals surface area contributed by atoms with Gasteiger partial charge in [0, 0.05) is 16.1 Å². The van der Waals surface area contributed by atoms with Gasteiger partial charge in [-0.2, -0.15) is 0 Å². The molecule has 1 aliphatic rings. The molecule has 4 aromatic rings. The van der Waals surface area contributed by atoms with Crippen molar-refractivity contribution in [2.45, 2.75) is 32.8 Å². The van der Waals surface area contributed by atoms with Crippen LogP contribution in [0.1, 0.15) is 44.5 Å². The van der Waals surface area contributed by atoms with E-state index < -0.39 is 5.41 Å². The van der Waals surface area contributed by atoms with Crippen LogP contribution >= 0.6 is 31.9 Å². The van der Waals surface area contributed by atoms with Crippen LogP contribution in [-0.4, -0.2) is 91.5 Å². The number of methoxy groups -OCH3 is 1. The Bertz CT molecular complexity index is 1690. The van der Waals surface area contributed by atoms with Gasteiger partial charge in [-0.05, 0) is 107 Å². The fourth-order valence-electron chi connectivity index (χ4n) is 6.71. The molecule has 0 heterocycles. The molecule has 52 heavy (non-hydrogen) atoms. The predicted molar refractivity (Wildman–Crippen MR) is 211 cm³/mol. The van der Waals surface area contributed by atoms with Crippen LogP contribution in [-0.2, 0) is 40.4 Å². The van der Waals surface area contributed by atoms with Gasteiger partial charge in [0.15, 0.2) is 0 Å². The van der Waals surface area contributed by atoms with E-state index >= 15 is 0 Å². The Kier molecular flexibility index (Phi) is 15.7. The minimum absolute atomic E-state index is 0.0152. The van der Waals surface area contributed by atoms with Crippen LogP contribution < -0.4 is 4.74 Å². The van der Waals surface area contributed by atoms with Crippen molar-refractivity contribution >= 4 is 31.9 Å². The van der Waals surface area contributed by atoms with Crippen molar-refractivity contribution in [1.29, 1.82) is 0 Å². The first-order chi connectivity index (χ1) is 25.3. The van der Waals surface area contributed by atoms with E-state index in [1.807, 2.05) is 0 Å². The van der Waals surface area contributed by atoms with Crippen LogP contribution in [0, 0.1) is 20.8 Å². The normalized spacial score (nSPS) is 14.8. The third kappa shape index (κ3) is 9.71. The van der Waals surface area contributed by atoms with E-state index in [0.29, 0.717) is 79.3 Å². The molecule has 8 nitrogen and oxygen atoms in total. The maximum atomic E-state index is 8.82. The van der Waals surface area contributed by atoms with E-state index in [-0.39, 0.29) is 6.61 Å². The van der Waals surface area contributed by atoms with Gasteiger partial charge in [-0.25, -0.2) is 0 Å². The monoisotopic (exact) mass is 840 g/mol. The summed E-state index contributed by atoms with van der Waals surface area (Å²) in [5.74, 6) is 0.835. The number of hydrogen-bond donors (Lipinski definition) is 1. The highest BCUT2D eigenvalue weighted by molar-refractivity contribution is 9.10. The van der Waals surface area contributed by atoms with Crippen molar-refractivity contribution in [1.82, 2.24) is 0 Å². The third-order valence-electron chi connectivity index (χ3n) is 9.29. The predicted octanol–water partition coefficient (Wildman–Crippen LogP) is 8.10. The van der Waals surface area contributed by atoms with E-state index in [1.165, 1.54) is 38.9 Å². The van der Waals surface area contributed by atoms with Gasteiger partial charge in [-0.3, -0.25) is 0 Å². The molecule has 0 spiro atoms. The first-order valence-corrected chi connectivity index (χ1v) is 19.3. The van der Waals surface area contributed by atoms with E-state index in [4.69, 9.17) is 38.3 Å². The fourth-order valence-corrected chi connectivity index (χ4v) is 7.41. The van der Waals surface area contributed by atoms with Crippen LogP contribution in [0.25, 0.3) is 11.1 Å². The summed E-state index contributed by atoms with van der Waals surface area (Å²) in [5.41, 5.74) is 11.2. The number of benzene rings is 4. The minimum atomic E-state index is -0.587. The Morgan fingerprint density at radius 3 is 1.81 bits per heavy atom. The Balaban J connectivity index is 1.42. The average Bonchev–Trinajstić information content (AvgIpc) is 3.40. The molecule has 0 fully saturated rings. The molecule has 280 valence electrons. The second-order valence-corrected chi connectivity index (χ2v) is 14.5. The molecular formula is C42H50Br2O8. The smallest absolute Gasteiger partial charge is 0.122 e. The van der Waals surface area contributed by atoms with Gasteiger partial charge in [0.05, 0.1) is 84.7 Å². The maximum Gasteiger partial charge on any atom is 0.122 e. The van der Waals surface area contributed by atoms with E-state index in [0.717, 1.165) is 31.4 Å². The van der Waals surface area contributed by atoms with Crippen LogP contribution in [0.15, 0.2) is 75.7 Å². The van der Waals surface area contributed by atoms with Gasteiger partial charge in [-0.1, -0.05) is 68.3 Å². The van der Waals surface area contributed by atoms with E-state index in [2.05, 4.69) is 119 Å². The SMILES string of the molecule is COCCOCCOCCOc1ccc(C2(c3ccc(COCCOCCOCCO)c(C)c3)c3cc(Br)ccc3-c3cc(C)c(Br)cc32)cc1C. The lowest BCUT2D eigenvalue weighted by Crippen LogP contribution is -2.29. The number of aliphatic hydroxyl groups excluding tert-OH is 1. The summed E-state index contributed by atoms with van der Waals surface area (Å²) < 4.78 is 41.4. The molecule has 0 saturated heterocycles. The molecule has 0 saturated carbocycles. The molecular weight excluding hydrogens is 792 g/mol. The Labute approximate surface area is 324 Å². The molecule has 10 heteroatoms. The quantitative estimate of drug-likeness (QED) is 0.0701. The van der Waals surface area contributed by atoms with E-state index in [9.17, 15) is 0 Å². The molecule has 1 N–H and O–H groups in total. The summed E-state index contributed by atoms with van der Waals surface area (Å²) in [6, 6.07) is 24.6. The van der Waals surface area contributed by atoms with Crippen LogP contribution in [0.5, 0.6) is 5.75 Å². The number of fused-ring (bicyclic) bond motifs is 3. The van der Waals surface area contributed by atoms with Crippen LogP contribution in [0.2, 0.25) is 0 Å². The molecule has 1 aliphatic carbocycles. The maximum absolute atomic E-state index is 8.82. The Morgan fingerprint density at radius 1 is 0.558 bits per heavy atom. The second-order valence-electron chi connectivity index (χ2n) is 12.8. The zero-order chi connectivity index (χ0) is 36.9. The van der Waals surface area contributed by atoms with Crippen molar-refractivity contribution < 1.29 is 38.3 Å². The van der Waals surface area contributed by atoms with Crippen molar-refractivity contribution in [3.63, 3.8) is 0 Å². The standard InChI is InChI=1S/C42H50Br2O8/c1-29-23-33(6-5-32(29)28-51-20-19-49-16-15-47-12-11-45)42(38-26-35(43)8-9-36(38)37-25-30(2)40(44)27-39(37)42)34-7-10-41(31(3)24-34)52-22-21-50-18-17-48-14-13-46-4/h5-10,23-27,45H,11-22,28H2,1-4H3. The van der Waals surface area contributed by atoms with Crippen LogP contribution in [0.4, 0.5) is 0 Å².